The third-order valence-corrected chi connectivity index (χ3v) is 8.58. The lowest BCUT2D eigenvalue weighted by atomic mass is 10.2. The van der Waals surface area contributed by atoms with Crippen LogP contribution in [0.4, 0.5) is 4.79 Å². The molecule has 1 aliphatic heterocycles. The van der Waals surface area contributed by atoms with E-state index in [1.54, 1.807) is 16.7 Å². The lowest BCUT2D eigenvalue weighted by Crippen LogP contribution is -2.43. The number of nitrogens with zero attached hydrogens (tertiary/aromatic N) is 3. The molecule has 2 N–H and O–H groups in total. The number of amides is 2. The van der Waals surface area contributed by atoms with Gasteiger partial charge in [0.1, 0.15) is 0 Å². The van der Waals surface area contributed by atoms with Gasteiger partial charge in [-0.1, -0.05) is 18.9 Å². The van der Waals surface area contributed by atoms with Gasteiger partial charge in [0.25, 0.3) is 0 Å². The minimum Gasteiger partial charge on any atom is -0.379 e. The van der Waals surface area contributed by atoms with Gasteiger partial charge < -0.3 is 15.4 Å². The first-order chi connectivity index (χ1) is 16.5. The molecule has 10 heteroatoms. The maximum atomic E-state index is 13.2. The molecule has 1 saturated heterocycles. The quantitative estimate of drug-likeness (QED) is 0.383. The fourth-order valence-corrected chi connectivity index (χ4v) is 6.55. The van der Waals surface area contributed by atoms with Crippen LogP contribution in [0.5, 0.6) is 0 Å². The molecule has 0 atom stereocenters. The molecule has 9 nitrogen and oxygen atoms in total. The number of aromatic nitrogens is 1. The minimum absolute atomic E-state index is 0.144. The summed E-state index contributed by atoms with van der Waals surface area (Å²) in [6, 6.07) is 3.78. The maximum Gasteiger partial charge on any atom is 0.314 e. The zero-order valence-electron chi connectivity index (χ0n) is 20.3. The minimum atomic E-state index is -3.30. The number of hydrogen-bond acceptors (Lipinski definition) is 6. The van der Waals surface area contributed by atoms with Crippen molar-refractivity contribution in [3.05, 3.63) is 30.1 Å². The van der Waals surface area contributed by atoms with Crippen molar-refractivity contribution < 1.29 is 17.9 Å². The summed E-state index contributed by atoms with van der Waals surface area (Å²) in [5.74, 6) is 0.144. The summed E-state index contributed by atoms with van der Waals surface area (Å²) < 4.78 is 33.5. The number of sulfonamides is 1. The smallest absolute Gasteiger partial charge is 0.314 e. The number of carbonyl (C=O) groups is 1. The van der Waals surface area contributed by atoms with Crippen molar-refractivity contribution in [1.29, 1.82) is 0 Å². The molecule has 192 valence electrons. The van der Waals surface area contributed by atoms with Crippen LogP contribution in [-0.4, -0.2) is 92.9 Å². The first kappa shape index (κ1) is 26.8. The highest BCUT2D eigenvalue weighted by Crippen LogP contribution is 2.26. The summed E-state index contributed by atoms with van der Waals surface area (Å²) >= 11 is 0. The highest BCUT2D eigenvalue weighted by molar-refractivity contribution is 7.89. The van der Waals surface area contributed by atoms with E-state index in [1.165, 1.54) is 0 Å². The van der Waals surface area contributed by atoms with Gasteiger partial charge in [-0.2, -0.15) is 4.31 Å². The van der Waals surface area contributed by atoms with Gasteiger partial charge in [0.05, 0.1) is 19.0 Å². The molecule has 0 radical (unpaired) electrons. The molecule has 3 rings (SSSR count). The zero-order chi connectivity index (χ0) is 24.1. The van der Waals surface area contributed by atoms with E-state index < -0.39 is 10.0 Å². The number of urea groups is 1. The molecule has 0 aromatic carbocycles. The van der Waals surface area contributed by atoms with Crippen LogP contribution in [0, 0.1) is 0 Å². The molecule has 34 heavy (non-hydrogen) atoms. The average Bonchev–Trinajstić information content (AvgIpc) is 3.37. The number of rotatable bonds is 14. The van der Waals surface area contributed by atoms with Crippen LogP contribution in [0.1, 0.15) is 50.5 Å². The van der Waals surface area contributed by atoms with Crippen LogP contribution in [0.3, 0.4) is 0 Å². The fourth-order valence-electron chi connectivity index (χ4n) is 4.67. The van der Waals surface area contributed by atoms with Gasteiger partial charge >= 0.3 is 6.03 Å². The number of pyridine rings is 1. The lowest BCUT2D eigenvalue weighted by molar-refractivity contribution is 0.0366. The molecule has 1 saturated carbocycles. The molecule has 0 unspecified atom stereocenters. The fraction of sp³-hybridized carbons (Fsp3) is 0.750. The predicted molar refractivity (Wildman–Crippen MR) is 133 cm³/mol. The molecule has 1 aromatic rings. The summed E-state index contributed by atoms with van der Waals surface area (Å²) in [7, 11) is -3.30. The largest absolute Gasteiger partial charge is 0.379 e. The molecular weight excluding hydrogens is 454 g/mol. The van der Waals surface area contributed by atoms with Crippen molar-refractivity contribution in [2.45, 2.75) is 57.4 Å². The summed E-state index contributed by atoms with van der Waals surface area (Å²) in [5, 5.41) is 5.65. The summed E-state index contributed by atoms with van der Waals surface area (Å²) in [6.45, 7) is 5.91. The topological polar surface area (TPSA) is 104 Å². The Morgan fingerprint density at radius 1 is 1.12 bits per heavy atom. The second kappa shape index (κ2) is 14.6. The van der Waals surface area contributed by atoms with Crippen molar-refractivity contribution >= 4 is 16.1 Å². The van der Waals surface area contributed by atoms with Crippen molar-refractivity contribution in [1.82, 2.24) is 24.8 Å². The van der Waals surface area contributed by atoms with Crippen molar-refractivity contribution in [3.63, 3.8) is 0 Å². The van der Waals surface area contributed by atoms with Crippen LogP contribution >= 0.6 is 0 Å². The Morgan fingerprint density at radius 3 is 2.62 bits per heavy atom. The SMILES string of the molecule is O=C(NCCCCS(=O)(=O)N(CCCN1CCOCC1)C1CCCC1)NCCc1cccnc1. The Bertz CT molecular complexity index is 812. The van der Waals surface area contributed by atoms with Crippen molar-refractivity contribution in [3.8, 4) is 0 Å². The van der Waals surface area contributed by atoms with E-state index >= 15 is 0 Å². The normalized spacial score (nSPS) is 17.8. The molecule has 0 spiro atoms. The predicted octanol–water partition coefficient (Wildman–Crippen LogP) is 2.00. The van der Waals surface area contributed by atoms with E-state index in [0.717, 1.165) is 76.9 Å². The lowest BCUT2D eigenvalue weighted by Gasteiger charge is -2.30. The Kier molecular flexibility index (Phi) is 11.5. The monoisotopic (exact) mass is 495 g/mol. The standard InChI is InChI=1S/C24H41N5O4S/c30-24(27-13-10-22-7-5-11-25-21-22)26-12-3-4-20-34(31,32)29(23-8-1-2-9-23)15-6-14-28-16-18-33-19-17-28/h5,7,11,21,23H,1-4,6,8-10,12-20H2,(H2,26,27,30). The Hall–Kier alpha value is -1.75. The number of hydrogen-bond donors (Lipinski definition) is 2. The van der Waals surface area contributed by atoms with Gasteiger partial charge in [0.15, 0.2) is 0 Å². The molecule has 1 aliphatic carbocycles. The maximum absolute atomic E-state index is 13.2. The molecule has 2 heterocycles. The van der Waals surface area contributed by atoms with E-state index in [-0.39, 0.29) is 17.8 Å². The van der Waals surface area contributed by atoms with Crippen molar-refractivity contribution in [2.24, 2.45) is 0 Å². The summed E-state index contributed by atoms with van der Waals surface area (Å²) in [5.41, 5.74) is 1.07. The highest BCUT2D eigenvalue weighted by atomic mass is 32.2. The van der Waals surface area contributed by atoms with Gasteiger partial charge in [-0.25, -0.2) is 13.2 Å². The molecular formula is C24H41N5O4S. The van der Waals surface area contributed by atoms with Gasteiger partial charge in [-0.15, -0.1) is 0 Å². The Morgan fingerprint density at radius 2 is 1.88 bits per heavy atom. The number of morpholine rings is 1. The van der Waals surface area contributed by atoms with Gasteiger partial charge in [0.2, 0.25) is 10.0 Å². The number of nitrogens with one attached hydrogen (secondary N) is 2. The van der Waals surface area contributed by atoms with E-state index in [0.29, 0.717) is 32.5 Å². The van der Waals surface area contributed by atoms with Crippen LogP contribution in [-0.2, 0) is 21.2 Å². The molecule has 2 aliphatic rings. The first-order valence-electron chi connectivity index (χ1n) is 12.7. The zero-order valence-corrected chi connectivity index (χ0v) is 21.1. The van der Waals surface area contributed by atoms with E-state index in [9.17, 15) is 13.2 Å². The van der Waals surface area contributed by atoms with Gasteiger partial charge in [0, 0.05) is 51.2 Å². The second-order valence-electron chi connectivity index (χ2n) is 9.17. The van der Waals surface area contributed by atoms with Crippen molar-refractivity contribution in [2.75, 3.05) is 58.2 Å². The van der Waals surface area contributed by atoms with Crippen LogP contribution in [0.25, 0.3) is 0 Å². The number of unbranched alkanes of at least 4 members (excludes halogenated alkanes) is 1. The average molecular weight is 496 g/mol. The third kappa shape index (κ3) is 9.48. The Labute approximate surface area is 204 Å². The molecule has 2 fully saturated rings. The number of ether oxygens (including phenoxy) is 1. The molecule has 0 bridgehead atoms. The highest BCUT2D eigenvalue weighted by Gasteiger charge is 2.31. The number of carbonyl (C=O) groups excluding carboxylic acids is 1. The molecule has 2 amide bonds. The Balaban J connectivity index is 1.33. The first-order valence-corrected chi connectivity index (χ1v) is 14.4. The van der Waals surface area contributed by atoms with E-state index in [2.05, 4.69) is 20.5 Å². The van der Waals surface area contributed by atoms with Gasteiger partial charge in [-0.05, 0) is 56.7 Å². The summed E-state index contributed by atoms with van der Waals surface area (Å²) in [4.78, 5) is 18.4. The van der Waals surface area contributed by atoms with Gasteiger partial charge in [-0.3, -0.25) is 9.88 Å². The summed E-state index contributed by atoms with van der Waals surface area (Å²) in [6.07, 6.45) is 10.4. The third-order valence-electron chi connectivity index (χ3n) is 6.58. The van der Waals surface area contributed by atoms with Crippen LogP contribution in [0.2, 0.25) is 0 Å². The van der Waals surface area contributed by atoms with Crippen LogP contribution in [0.15, 0.2) is 24.5 Å². The second-order valence-corrected chi connectivity index (χ2v) is 11.2. The molecule has 1 aromatic heterocycles. The van der Waals surface area contributed by atoms with Crippen LogP contribution < -0.4 is 10.6 Å². The van der Waals surface area contributed by atoms with E-state index in [1.807, 2.05) is 12.1 Å². The van der Waals surface area contributed by atoms with E-state index in [4.69, 9.17) is 4.74 Å².